The fraction of sp³-hybridized carbons (Fsp3) is 0.100. The number of carboxylic acid groups (broad SMARTS) is 1. The van der Waals surface area contributed by atoms with E-state index in [0.29, 0.717) is 10.7 Å². The highest BCUT2D eigenvalue weighted by Crippen LogP contribution is 2.21. The van der Waals surface area contributed by atoms with Crippen molar-refractivity contribution >= 4 is 22.4 Å². The molecule has 1 N–H and O–H groups in total. The van der Waals surface area contributed by atoms with E-state index in [4.69, 9.17) is 5.11 Å². The van der Waals surface area contributed by atoms with Gasteiger partial charge in [-0.1, -0.05) is 6.07 Å². The van der Waals surface area contributed by atoms with E-state index in [1.54, 1.807) is 23.8 Å². The molecule has 2 aromatic rings. The average molecular weight is 235 g/mol. The second kappa shape index (κ2) is 4.71. The molecule has 0 aromatic carbocycles. The van der Waals surface area contributed by atoms with Gasteiger partial charge in [-0.15, -0.1) is 11.3 Å². The molecule has 0 unspecified atom stereocenters. The molecule has 2 rings (SSSR count). The SMILES string of the molecule is O=C(O)N(Cc1ccccn1)c1cncs1. The Hall–Kier alpha value is -1.95. The van der Waals surface area contributed by atoms with Gasteiger partial charge in [0.15, 0.2) is 0 Å². The van der Waals surface area contributed by atoms with E-state index in [-0.39, 0.29) is 6.54 Å². The van der Waals surface area contributed by atoms with E-state index in [2.05, 4.69) is 9.97 Å². The lowest BCUT2D eigenvalue weighted by atomic mass is 10.3. The van der Waals surface area contributed by atoms with Crippen LogP contribution in [0.4, 0.5) is 9.80 Å². The van der Waals surface area contributed by atoms with Crippen LogP contribution in [-0.2, 0) is 6.54 Å². The van der Waals surface area contributed by atoms with Crippen LogP contribution in [0.3, 0.4) is 0 Å². The third kappa shape index (κ3) is 2.34. The highest BCUT2D eigenvalue weighted by atomic mass is 32.1. The first-order chi connectivity index (χ1) is 7.77. The minimum Gasteiger partial charge on any atom is -0.465 e. The van der Waals surface area contributed by atoms with E-state index in [0.717, 1.165) is 0 Å². The first kappa shape index (κ1) is 10.6. The van der Waals surface area contributed by atoms with Gasteiger partial charge >= 0.3 is 6.09 Å². The van der Waals surface area contributed by atoms with Gasteiger partial charge in [0, 0.05) is 6.20 Å². The molecule has 0 aliphatic rings. The molecule has 1 amide bonds. The standard InChI is InChI=1S/C10H9N3O2S/c14-10(15)13(9-5-11-7-16-9)6-8-3-1-2-4-12-8/h1-5,7H,6H2,(H,14,15). The number of thiazole rings is 1. The summed E-state index contributed by atoms with van der Waals surface area (Å²) in [5.74, 6) is 0. The second-order valence-electron chi connectivity index (χ2n) is 3.03. The summed E-state index contributed by atoms with van der Waals surface area (Å²) in [6.45, 7) is 0.234. The number of rotatable bonds is 3. The van der Waals surface area contributed by atoms with Crippen molar-refractivity contribution < 1.29 is 9.90 Å². The van der Waals surface area contributed by atoms with Gasteiger partial charge in [-0.2, -0.15) is 0 Å². The maximum Gasteiger partial charge on any atom is 0.412 e. The molecule has 16 heavy (non-hydrogen) atoms. The molecule has 0 fully saturated rings. The van der Waals surface area contributed by atoms with E-state index in [1.165, 1.54) is 22.4 Å². The zero-order valence-electron chi connectivity index (χ0n) is 8.28. The Bertz CT molecular complexity index is 458. The van der Waals surface area contributed by atoms with Crippen LogP contribution in [0.25, 0.3) is 0 Å². The number of amides is 1. The zero-order chi connectivity index (χ0) is 11.4. The maximum absolute atomic E-state index is 11.1. The van der Waals surface area contributed by atoms with Crippen LogP contribution in [0.1, 0.15) is 5.69 Å². The highest BCUT2D eigenvalue weighted by molar-refractivity contribution is 7.14. The van der Waals surface area contributed by atoms with Crippen LogP contribution in [0, 0.1) is 0 Å². The summed E-state index contributed by atoms with van der Waals surface area (Å²) < 4.78 is 0. The highest BCUT2D eigenvalue weighted by Gasteiger charge is 2.16. The van der Waals surface area contributed by atoms with Gasteiger partial charge in [0.05, 0.1) is 23.9 Å². The largest absolute Gasteiger partial charge is 0.465 e. The van der Waals surface area contributed by atoms with Crippen molar-refractivity contribution in [2.75, 3.05) is 4.90 Å². The molecule has 2 heterocycles. The van der Waals surface area contributed by atoms with Crippen molar-refractivity contribution in [3.05, 3.63) is 41.8 Å². The molecular formula is C10H9N3O2S. The van der Waals surface area contributed by atoms with Crippen molar-refractivity contribution in [1.29, 1.82) is 0 Å². The van der Waals surface area contributed by atoms with E-state index in [9.17, 15) is 4.79 Å². The Kier molecular flexibility index (Phi) is 3.11. The lowest BCUT2D eigenvalue weighted by Gasteiger charge is -2.15. The molecule has 82 valence electrons. The molecule has 2 aromatic heterocycles. The molecule has 0 saturated heterocycles. The number of hydrogen-bond donors (Lipinski definition) is 1. The number of hydrogen-bond acceptors (Lipinski definition) is 4. The quantitative estimate of drug-likeness (QED) is 0.885. The lowest BCUT2D eigenvalue weighted by Crippen LogP contribution is -2.28. The Morgan fingerprint density at radius 3 is 2.94 bits per heavy atom. The number of anilines is 1. The summed E-state index contributed by atoms with van der Waals surface area (Å²) in [7, 11) is 0. The predicted molar refractivity (Wildman–Crippen MR) is 60.6 cm³/mol. The van der Waals surface area contributed by atoms with Gasteiger partial charge in [-0.05, 0) is 12.1 Å². The third-order valence-corrected chi connectivity index (χ3v) is 2.76. The molecule has 5 nitrogen and oxygen atoms in total. The molecule has 0 aliphatic carbocycles. The smallest absolute Gasteiger partial charge is 0.412 e. The molecule has 0 atom stereocenters. The summed E-state index contributed by atoms with van der Waals surface area (Å²) in [6, 6.07) is 5.41. The van der Waals surface area contributed by atoms with E-state index >= 15 is 0 Å². The predicted octanol–water partition coefficient (Wildman–Crippen LogP) is 2.22. The van der Waals surface area contributed by atoms with E-state index < -0.39 is 6.09 Å². The number of pyridine rings is 1. The van der Waals surface area contributed by atoms with Crippen LogP contribution in [-0.4, -0.2) is 21.2 Å². The Labute approximate surface area is 96.0 Å². The van der Waals surface area contributed by atoms with Gasteiger partial charge in [-0.25, -0.2) is 4.79 Å². The van der Waals surface area contributed by atoms with Gasteiger partial charge in [0.25, 0.3) is 0 Å². The van der Waals surface area contributed by atoms with Gasteiger partial charge in [0.2, 0.25) is 0 Å². The molecular weight excluding hydrogens is 226 g/mol. The van der Waals surface area contributed by atoms with Crippen LogP contribution < -0.4 is 4.90 Å². The summed E-state index contributed by atoms with van der Waals surface area (Å²) in [5.41, 5.74) is 2.31. The van der Waals surface area contributed by atoms with Crippen LogP contribution in [0.5, 0.6) is 0 Å². The van der Waals surface area contributed by atoms with Crippen LogP contribution >= 0.6 is 11.3 Å². The summed E-state index contributed by atoms with van der Waals surface area (Å²) in [5, 5.41) is 9.68. The topological polar surface area (TPSA) is 66.3 Å². The van der Waals surface area contributed by atoms with Crippen molar-refractivity contribution in [2.24, 2.45) is 0 Å². The fourth-order valence-electron chi connectivity index (χ4n) is 1.24. The fourth-order valence-corrected chi connectivity index (χ4v) is 1.86. The van der Waals surface area contributed by atoms with Crippen molar-refractivity contribution in [3.8, 4) is 0 Å². The lowest BCUT2D eigenvalue weighted by molar-refractivity contribution is 0.201. The molecule has 0 radical (unpaired) electrons. The van der Waals surface area contributed by atoms with E-state index in [1.807, 2.05) is 6.07 Å². The number of carbonyl (C=O) groups is 1. The molecule has 0 aliphatic heterocycles. The minimum atomic E-state index is -1.00. The normalized spacial score (nSPS) is 10.0. The summed E-state index contributed by atoms with van der Waals surface area (Å²) in [4.78, 5) is 20.3. The molecule has 0 saturated carbocycles. The number of nitrogens with zero attached hydrogens (tertiary/aromatic N) is 3. The van der Waals surface area contributed by atoms with Crippen LogP contribution in [0.2, 0.25) is 0 Å². The molecule has 6 heteroatoms. The van der Waals surface area contributed by atoms with Gasteiger partial charge in [0.1, 0.15) is 5.00 Å². The van der Waals surface area contributed by atoms with Gasteiger partial charge in [-0.3, -0.25) is 14.9 Å². The van der Waals surface area contributed by atoms with Crippen LogP contribution in [0.15, 0.2) is 36.1 Å². The monoisotopic (exact) mass is 235 g/mol. The third-order valence-electron chi connectivity index (χ3n) is 1.96. The second-order valence-corrected chi connectivity index (χ2v) is 3.89. The number of aromatic nitrogens is 2. The minimum absolute atomic E-state index is 0.234. The Morgan fingerprint density at radius 2 is 2.38 bits per heavy atom. The maximum atomic E-state index is 11.1. The first-order valence-electron chi connectivity index (χ1n) is 4.56. The van der Waals surface area contributed by atoms with Crippen molar-refractivity contribution in [1.82, 2.24) is 9.97 Å². The van der Waals surface area contributed by atoms with Gasteiger partial charge < -0.3 is 5.11 Å². The summed E-state index contributed by atoms with van der Waals surface area (Å²) in [6.07, 6.45) is 2.17. The average Bonchev–Trinajstić information content (AvgIpc) is 2.80. The Balaban J connectivity index is 2.19. The summed E-state index contributed by atoms with van der Waals surface area (Å²) >= 11 is 1.28. The Morgan fingerprint density at radius 1 is 1.50 bits per heavy atom. The molecule has 0 spiro atoms. The molecule has 0 bridgehead atoms. The van der Waals surface area contributed by atoms with Crippen molar-refractivity contribution in [3.63, 3.8) is 0 Å². The zero-order valence-corrected chi connectivity index (χ0v) is 9.09. The first-order valence-corrected chi connectivity index (χ1v) is 5.44. The van der Waals surface area contributed by atoms with Crippen molar-refractivity contribution in [2.45, 2.75) is 6.54 Å².